The van der Waals surface area contributed by atoms with Gasteiger partial charge in [0.1, 0.15) is 12.2 Å². The quantitative estimate of drug-likeness (QED) is 0.753. The van der Waals surface area contributed by atoms with Gasteiger partial charge in [-0.2, -0.15) is 15.3 Å². The summed E-state index contributed by atoms with van der Waals surface area (Å²) in [5.41, 5.74) is 0.916. The molecule has 0 unspecified atom stereocenters. The summed E-state index contributed by atoms with van der Waals surface area (Å²) in [6.45, 7) is 1.35. The Bertz CT molecular complexity index is 410. The van der Waals surface area contributed by atoms with E-state index in [9.17, 15) is 0 Å². The van der Waals surface area contributed by atoms with Gasteiger partial charge < -0.3 is 5.32 Å². The van der Waals surface area contributed by atoms with Crippen LogP contribution in [0.25, 0.3) is 0 Å². The highest BCUT2D eigenvalue weighted by Crippen LogP contribution is 1.93. The fraction of sp³-hybridized carbons (Fsp3) is 0.333. The fourth-order valence-electron chi connectivity index (χ4n) is 1.21. The largest absolute Gasteiger partial charge is 0.304 e. The lowest BCUT2D eigenvalue weighted by molar-refractivity contribution is 0.604. The van der Waals surface area contributed by atoms with Crippen molar-refractivity contribution in [2.24, 2.45) is 7.05 Å². The molecule has 0 spiro atoms. The van der Waals surface area contributed by atoms with Crippen LogP contribution in [0.1, 0.15) is 11.5 Å². The molecule has 0 radical (unpaired) electrons. The average molecular weight is 204 g/mol. The molecule has 0 aromatic carbocycles. The normalized spacial score (nSPS) is 10.5. The van der Waals surface area contributed by atoms with Crippen LogP contribution in [0.2, 0.25) is 0 Å². The summed E-state index contributed by atoms with van der Waals surface area (Å²) < 4.78 is 1.74. The van der Waals surface area contributed by atoms with Crippen molar-refractivity contribution in [2.45, 2.75) is 13.1 Å². The standard InChI is InChI=1S/C9H12N6/c1-15-9(11-7-13-15)6-10-5-8-3-2-4-12-14-8/h2-4,7,10H,5-6H2,1H3. The molecule has 0 amide bonds. The van der Waals surface area contributed by atoms with E-state index in [1.165, 1.54) is 0 Å². The fourth-order valence-corrected chi connectivity index (χ4v) is 1.21. The van der Waals surface area contributed by atoms with Crippen molar-refractivity contribution in [3.8, 4) is 0 Å². The molecule has 6 nitrogen and oxygen atoms in total. The molecule has 2 aromatic rings. The minimum Gasteiger partial charge on any atom is -0.304 e. The summed E-state index contributed by atoms with van der Waals surface area (Å²) in [4.78, 5) is 4.10. The summed E-state index contributed by atoms with van der Waals surface area (Å²) in [6.07, 6.45) is 3.20. The first-order chi connectivity index (χ1) is 7.36. The molecule has 0 aliphatic carbocycles. The molecule has 2 heterocycles. The molecule has 1 N–H and O–H groups in total. The van der Waals surface area contributed by atoms with E-state index in [0.717, 1.165) is 11.5 Å². The third kappa shape index (κ3) is 2.57. The molecule has 0 bridgehead atoms. The van der Waals surface area contributed by atoms with Crippen LogP contribution in [0.15, 0.2) is 24.7 Å². The Hall–Kier alpha value is -1.82. The Morgan fingerprint density at radius 3 is 3.00 bits per heavy atom. The maximum absolute atomic E-state index is 4.10. The molecular weight excluding hydrogens is 192 g/mol. The second-order valence-corrected chi connectivity index (χ2v) is 3.12. The van der Waals surface area contributed by atoms with Crippen LogP contribution in [0.3, 0.4) is 0 Å². The van der Waals surface area contributed by atoms with E-state index in [1.54, 1.807) is 17.2 Å². The van der Waals surface area contributed by atoms with Crippen molar-refractivity contribution in [3.63, 3.8) is 0 Å². The zero-order valence-electron chi connectivity index (χ0n) is 8.46. The summed E-state index contributed by atoms with van der Waals surface area (Å²) in [7, 11) is 1.87. The monoisotopic (exact) mass is 204 g/mol. The molecule has 0 fully saturated rings. The van der Waals surface area contributed by atoms with Crippen LogP contribution in [-0.2, 0) is 20.1 Å². The second kappa shape index (κ2) is 4.61. The van der Waals surface area contributed by atoms with Crippen LogP contribution < -0.4 is 5.32 Å². The minimum atomic E-state index is 0.674. The minimum absolute atomic E-state index is 0.674. The molecule has 2 aromatic heterocycles. The first-order valence-corrected chi connectivity index (χ1v) is 4.66. The summed E-state index contributed by atoms with van der Waals surface area (Å²) >= 11 is 0. The Morgan fingerprint density at radius 2 is 2.33 bits per heavy atom. The van der Waals surface area contributed by atoms with E-state index in [4.69, 9.17) is 0 Å². The molecule has 0 aliphatic rings. The molecule has 0 aliphatic heterocycles. The topological polar surface area (TPSA) is 68.5 Å². The van der Waals surface area contributed by atoms with Crippen molar-refractivity contribution in [1.82, 2.24) is 30.3 Å². The molecule has 2 rings (SSSR count). The van der Waals surface area contributed by atoms with Gasteiger partial charge in [-0.15, -0.1) is 0 Å². The molecule has 6 heteroatoms. The van der Waals surface area contributed by atoms with Gasteiger partial charge in [-0.25, -0.2) is 4.98 Å². The Morgan fingerprint density at radius 1 is 1.40 bits per heavy atom. The number of hydrogen-bond donors (Lipinski definition) is 1. The lowest BCUT2D eigenvalue weighted by Gasteiger charge is -2.02. The van der Waals surface area contributed by atoms with Gasteiger partial charge in [0.2, 0.25) is 0 Å². The first kappa shape index (κ1) is 9.72. The number of nitrogens with zero attached hydrogens (tertiary/aromatic N) is 5. The third-order valence-corrected chi connectivity index (χ3v) is 2.02. The van der Waals surface area contributed by atoms with E-state index in [-0.39, 0.29) is 0 Å². The van der Waals surface area contributed by atoms with Crippen LogP contribution >= 0.6 is 0 Å². The predicted molar refractivity (Wildman–Crippen MR) is 53.6 cm³/mol. The molecule has 0 atom stereocenters. The van der Waals surface area contributed by atoms with Crippen LogP contribution in [0.5, 0.6) is 0 Å². The molecular formula is C9H12N6. The van der Waals surface area contributed by atoms with Crippen molar-refractivity contribution < 1.29 is 0 Å². The van der Waals surface area contributed by atoms with Gasteiger partial charge in [-0.3, -0.25) is 4.68 Å². The van der Waals surface area contributed by atoms with Gasteiger partial charge in [-0.05, 0) is 12.1 Å². The van der Waals surface area contributed by atoms with E-state index >= 15 is 0 Å². The Kier molecular flexibility index (Phi) is 2.99. The van der Waals surface area contributed by atoms with Gasteiger partial charge in [0, 0.05) is 19.8 Å². The number of rotatable bonds is 4. The number of nitrogens with one attached hydrogen (secondary N) is 1. The molecule has 15 heavy (non-hydrogen) atoms. The highest BCUT2D eigenvalue weighted by molar-refractivity contribution is 4.98. The maximum Gasteiger partial charge on any atom is 0.140 e. The van der Waals surface area contributed by atoms with E-state index in [2.05, 4.69) is 25.6 Å². The predicted octanol–water partition coefficient (Wildman–Crippen LogP) is -0.105. The number of hydrogen-bond acceptors (Lipinski definition) is 5. The van der Waals surface area contributed by atoms with Crippen molar-refractivity contribution in [2.75, 3.05) is 0 Å². The van der Waals surface area contributed by atoms with Gasteiger partial charge in [0.05, 0.1) is 12.2 Å². The van der Waals surface area contributed by atoms with Gasteiger partial charge in [0.25, 0.3) is 0 Å². The molecule has 78 valence electrons. The SMILES string of the molecule is Cn1ncnc1CNCc1cccnn1. The summed E-state index contributed by atoms with van der Waals surface area (Å²) in [6, 6.07) is 3.79. The Balaban J connectivity index is 1.83. The van der Waals surface area contributed by atoms with Gasteiger partial charge in [-0.1, -0.05) is 0 Å². The smallest absolute Gasteiger partial charge is 0.140 e. The first-order valence-electron chi connectivity index (χ1n) is 4.66. The zero-order valence-corrected chi connectivity index (χ0v) is 8.46. The highest BCUT2D eigenvalue weighted by atomic mass is 15.3. The lowest BCUT2D eigenvalue weighted by Crippen LogP contribution is -2.16. The lowest BCUT2D eigenvalue weighted by atomic mass is 10.4. The highest BCUT2D eigenvalue weighted by Gasteiger charge is 1.99. The third-order valence-electron chi connectivity index (χ3n) is 2.02. The number of aryl methyl sites for hydroxylation is 1. The molecule has 0 saturated heterocycles. The second-order valence-electron chi connectivity index (χ2n) is 3.12. The molecule has 0 saturated carbocycles. The summed E-state index contributed by atoms with van der Waals surface area (Å²) in [5.74, 6) is 0.902. The van der Waals surface area contributed by atoms with Crippen molar-refractivity contribution >= 4 is 0 Å². The van der Waals surface area contributed by atoms with E-state index in [0.29, 0.717) is 13.1 Å². The maximum atomic E-state index is 4.10. The van der Waals surface area contributed by atoms with Gasteiger partial charge in [0.15, 0.2) is 0 Å². The van der Waals surface area contributed by atoms with Crippen LogP contribution in [-0.4, -0.2) is 25.0 Å². The number of aromatic nitrogens is 5. The van der Waals surface area contributed by atoms with Gasteiger partial charge >= 0.3 is 0 Å². The Labute approximate surface area is 87.4 Å². The van der Waals surface area contributed by atoms with Crippen molar-refractivity contribution in [1.29, 1.82) is 0 Å². The van der Waals surface area contributed by atoms with Crippen LogP contribution in [0.4, 0.5) is 0 Å². The average Bonchev–Trinajstić information content (AvgIpc) is 2.66. The van der Waals surface area contributed by atoms with Crippen LogP contribution in [0, 0.1) is 0 Å². The zero-order chi connectivity index (χ0) is 10.5. The summed E-state index contributed by atoms with van der Waals surface area (Å²) in [5, 5.41) is 15.0. The van der Waals surface area contributed by atoms with Crippen molar-refractivity contribution in [3.05, 3.63) is 36.2 Å². The van der Waals surface area contributed by atoms with E-state index in [1.807, 2.05) is 19.2 Å². The van der Waals surface area contributed by atoms with E-state index < -0.39 is 0 Å².